The second-order valence-electron chi connectivity index (χ2n) is 7.23. The number of amides is 1. The highest BCUT2D eigenvalue weighted by molar-refractivity contribution is 7.99. The highest BCUT2D eigenvalue weighted by Gasteiger charge is 2.18. The van der Waals surface area contributed by atoms with Crippen LogP contribution in [0.4, 0.5) is 0 Å². The molecule has 0 unspecified atom stereocenters. The van der Waals surface area contributed by atoms with Gasteiger partial charge < -0.3 is 5.32 Å². The first-order valence-corrected chi connectivity index (χ1v) is 12.0. The first-order valence-electron chi connectivity index (χ1n) is 10.3. The fraction of sp³-hybridized carbons (Fsp3) is 0.167. The summed E-state index contributed by atoms with van der Waals surface area (Å²) >= 11 is 14.0. The third kappa shape index (κ3) is 5.55. The quantitative estimate of drug-likeness (QED) is 0.314. The molecule has 0 fully saturated rings. The van der Waals surface area contributed by atoms with E-state index in [1.54, 1.807) is 12.4 Å². The van der Waals surface area contributed by atoms with Gasteiger partial charge in [0.25, 0.3) is 0 Å². The average Bonchev–Trinajstić information content (AvgIpc) is 3.24. The lowest BCUT2D eigenvalue weighted by Gasteiger charge is -2.14. The summed E-state index contributed by atoms with van der Waals surface area (Å²) in [5.74, 6) is 1.18. The number of hydrogen-bond acceptors (Lipinski definition) is 5. The molecule has 2 heterocycles. The van der Waals surface area contributed by atoms with E-state index >= 15 is 0 Å². The summed E-state index contributed by atoms with van der Waals surface area (Å²) in [6.45, 7) is 2.36. The van der Waals surface area contributed by atoms with Crippen molar-refractivity contribution in [1.82, 2.24) is 25.1 Å². The predicted molar refractivity (Wildman–Crippen MR) is 133 cm³/mol. The van der Waals surface area contributed by atoms with Crippen molar-refractivity contribution >= 4 is 40.9 Å². The van der Waals surface area contributed by atoms with Crippen LogP contribution < -0.4 is 5.32 Å². The van der Waals surface area contributed by atoms with Crippen molar-refractivity contribution in [2.24, 2.45) is 0 Å². The molecule has 1 N–H and O–H groups in total. The van der Waals surface area contributed by atoms with Gasteiger partial charge >= 0.3 is 0 Å². The van der Waals surface area contributed by atoms with Crippen molar-refractivity contribution in [3.63, 3.8) is 0 Å². The van der Waals surface area contributed by atoms with E-state index in [4.69, 9.17) is 23.2 Å². The molecule has 1 amide bonds. The van der Waals surface area contributed by atoms with Crippen molar-refractivity contribution in [2.45, 2.75) is 25.0 Å². The van der Waals surface area contributed by atoms with Crippen LogP contribution in [0.3, 0.4) is 0 Å². The number of aromatic nitrogens is 4. The van der Waals surface area contributed by atoms with Gasteiger partial charge in [0.15, 0.2) is 11.0 Å². The maximum Gasteiger partial charge on any atom is 0.221 e. The predicted octanol–water partition coefficient (Wildman–Crippen LogP) is 5.74. The van der Waals surface area contributed by atoms with E-state index < -0.39 is 0 Å². The Hall–Kier alpha value is -2.87. The van der Waals surface area contributed by atoms with Crippen molar-refractivity contribution in [2.75, 3.05) is 5.75 Å². The largest absolute Gasteiger partial charge is 0.352 e. The Labute approximate surface area is 206 Å². The zero-order chi connectivity index (χ0) is 23.2. The molecule has 0 saturated heterocycles. The standard InChI is InChI=1S/C24H21Cl2N5OS/c1-16-19(25)7-4-8-21(16)31-23(17-9-12-27-13-10-17)29-30-24(31)33-14-11-22(32)28-15-18-5-2-3-6-20(18)26/h2-10,12-13H,11,14-15H2,1H3,(H,28,32). The zero-order valence-electron chi connectivity index (χ0n) is 17.8. The van der Waals surface area contributed by atoms with Gasteiger partial charge in [0, 0.05) is 46.7 Å². The molecule has 0 saturated carbocycles. The zero-order valence-corrected chi connectivity index (χ0v) is 20.2. The molecular weight excluding hydrogens is 477 g/mol. The van der Waals surface area contributed by atoms with Gasteiger partial charge in [-0.05, 0) is 48.4 Å². The fourth-order valence-electron chi connectivity index (χ4n) is 3.27. The van der Waals surface area contributed by atoms with Gasteiger partial charge in [-0.2, -0.15) is 0 Å². The van der Waals surface area contributed by atoms with E-state index in [2.05, 4.69) is 20.5 Å². The third-order valence-corrected chi connectivity index (χ3v) is 6.75. The number of halogens is 2. The molecule has 0 radical (unpaired) electrons. The third-order valence-electron chi connectivity index (χ3n) is 5.05. The molecule has 4 aromatic rings. The normalized spacial score (nSPS) is 10.9. The number of nitrogens with one attached hydrogen (secondary N) is 1. The fourth-order valence-corrected chi connectivity index (χ4v) is 4.52. The number of carbonyl (C=O) groups is 1. The van der Waals surface area contributed by atoms with Gasteiger partial charge in [-0.25, -0.2) is 0 Å². The molecule has 0 bridgehead atoms. The van der Waals surface area contributed by atoms with Gasteiger partial charge in [0.05, 0.1) is 5.69 Å². The monoisotopic (exact) mass is 497 g/mol. The Morgan fingerprint density at radius 2 is 1.76 bits per heavy atom. The molecule has 2 aromatic heterocycles. The van der Waals surface area contributed by atoms with Crippen molar-refractivity contribution < 1.29 is 4.79 Å². The Bertz CT molecular complexity index is 1260. The van der Waals surface area contributed by atoms with E-state index in [0.29, 0.717) is 39.7 Å². The van der Waals surface area contributed by atoms with Gasteiger partial charge in [-0.3, -0.25) is 14.3 Å². The number of rotatable bonds is 8. The van der Waals surface area contributed by atoms with E-state index in [-0.39, 0.29) is 5.91 Å². The highest BCUT2D eigenvalue weighted by atomic mass is 35.5. The Kier molecular flexibility index (Phi) is 7.65. The Balaban J connectivity index is 1.50. The van der Waals surface area contributed by atoms with Crippen LogP contribution >= 0.6 is 35.0 Å². The summed E-state index contributed by atoms with van der Waals surface area (Å²) in [6.07, 6.45) is 3.77. The van der Waals surface area contributed by atoms with E-state index in [1.165, 1.54) is 11.8 Å². The smallest absolute Gasteiger partial charge is 0.221 e. The minimum Gasteiger partial charge on any atom is -0.352 e. The number of benzene rings is 2. The van der Waals surface area contributed by atoms with Crippen LogP contribution in [0.5, 0.6) is 0 Å². The Morgan fingerprint density at radius 1 is 1.00 bits per heavy atom. The second kappa shape index (κ2) is 10.8. The molecule has 4 rings (SSSR count). The molecular formula is C24H21Cl2N5OS. The van der Waals surface area contributed by atoms with Crippen molar-refractivity contribution in [3.8, 4) is 17.1 Å². The molecule has 0 atom stereocenters. The van der Waals surface area contributed by atoms with Crippen LogP contribution in [0.25, 0.3) is 17.1 Å². The van der Waals surface area contributed by atoms with E-state index in [9.17, 15) is 4.79 Å². The average molecular weight is 498 g/mol. The maximum absolute atomic E-state index is 12.4. The van der Waals surface area contributed by atoms with Crippen LogP contribution in [0.1, 0.15) is 17.5 Å². The molecule has 6 nitrogen and oxygen atoms in total. The van der Waals surface area contributed by atoms with Crippen molar-refractivity contribution in [3.05, 3.63) is 88.2 Å². The molecule has 0 aliphatic heterocycles. The first kappa shape index (κ1) is 23.3. The summed E-state index contributed by atoms with van der Waals surface area (Å²) in [7, 11) is 0. The van der Waals surface area contributed by atoms with E-state index in [0.717, 1.165) is 22.4 Å². The lowest BCUT2D eigenvalue weighted by atomic mass is 10.2. The Morgan fingerprint density at radius 3 is 2.55 bits per heavy atom. The summed E-state index contributed by atoms with van der Waals surface area (Å²) in [5.41, 5.74) is 3.60. The second-order valence-corrected chi connectivity index (χ2v) is 9.10. The molecule has 33 heavy (non-hydrogen) atoms. The number of thioether (sulfide) groups is 1. The molecule has 2 aromatic carbocycles. The van der Waals surface area contributed by atoms with Crippen LogP contribution in [0, 0.1) is 6.92 Å². The summed E-state index contributed by atoms with van der Waals surface area (Å²) in [6, 6.07) is 17.0. The van der Waals surface area contributed by atoms with E-state index in [1.807, 2.05) is 66.1 Å². The van der Waals surface area contributed by atoms with Crippen LogP contribution in [0.2, 0.25) is 10.0 Å². The SMILES string of the molecule is Cc1c(Cl)cccc1-n1c(SCCC(=O)NCc2ccccc2Cl)nnc1-c1ccncc1. The number of carbonyl (C=O) groups excluding carboxylic acids is 1. The lowest BCUT2D eigenvalue weighted by Crippen LogP contribution is -2.23. The van der Waals surface area contributed by atoms with Crippen LogP contribution in [-0.4, -0.2) is 31.4 Å². The summed E-state index contributed by atoms with van der Waals surface area (Å²) < 4.78 is 1.98. The topological polar surface area (TPSA) is 72.7 Å². The first-order chi connectivity index (χ1) is 16.0. The lowest BCUT2D eigenvalue weighted by molar-refractivity contribution is -0.120. The van der Waals surface area contributed by atoms with Gasteiger partial charge in [0.1, 0.15) is 0 Å². The molecule has 0 aliphatic carbocycles. The van der Waals surface area contributed by atoms with Gasteiger partial charge in [-0.1, -0.05) is 59.2 Å². The summed E-state index contributed by atoms with van der Waals surface area (Å²) in [5, 5.41) is 13.7. The minimum absolute atomic E-state index is 0.0539. The van der Waals surface area contributed by atoms with Gasteiger partial charge in [0.2, 0.25) is 5.91 Å². The van der Waals surface area contributed by atoms with Crippen LogP contribution in [0.15, 0.2) is 72.1 Å². The highest BCUT2D eigenvalue weighted by Crippen LogP contribution is 2.31. The van der Waals surface area contributed by atoms with Crippen LogP contribution in [-0.2, 0) is 11.3 Å². The molecule has 0 aliphatic rings. The summed E-state index contributed by atoms with van der Waals surface area (Å²) in [4.78, 5) is 16.5. The maximum atomic E-state index is 12.4. The van der Waals surface area contributed by atoms with Gasteiger partial charge in [-0.15, -0.1) is 10.2 Å². The number of hydrogen-bond donors (Lipinski definition) is 1. The molecule has 168 valence electrons. The number of nitrogens with zero attached hydrogens (tertiary/aromatic N) is 4. The van der Waals surface area contributed by atoms with Crippen molar-refractivity contribution in [1.29, 1.82) is 0 Å². The number of pyridine rings is 1. The molecule has 0 spiro atoms. The minimum atomic E-state index is -0.0539. The molecule has 9 heteroatoms.